The number of aliphatic hydroxyl groups is 1. The van der Waals surface area contributed by atoms with Gasteiger partial charge in [0, 0.05) is 0 Å². The van der Waals surface area contributed by atoms with Crippen LogP contribution < -0.4 is 0 Å². The van der Waals surface area contributed by atoms with Crippen LogP contribution in [0.25, 0.3) is 0 Å². The summed E-state index contributed by atoms with van der Waals surface area (Å²) < 4.78 is 0.146. The van der Waals surface area contributed by atoms with Crippen LogP contribution in [0.2, 0.25) is 0 Å². The number of carbonyl (C=O) groups is 1. The Bertz CT molecular complexity index is 459. The van der Waals surface area contributed by atoms with E-state index in [0.717, 1.165) is 0 Å². The van der Waals surface area contributed by atoms with E-state index in [2.05, 4.69) is 15.9 Å². The molecule has 0 saturated heterocycles. The topological polar surface area (TPSA) is 101 Å². The Balaban J connectivity index is 3.46. The van der Waals surface area contributed by atoms with Crippen LogP contribution in [0.15, 0.2) is 16.6 Å². The molecule has 0 aromatic heterocycles. The first kappa shape index (κ1) is 12.6. The fourth-order valence-electron chi connectivity index (χ4n) is 1.30. The fraction of sp³-hybridized carbons (Fsp3) is 0.222. The number of halogens is 1. The maximum absolute atomic E-state index is 10.8. The summed E-state index contributed by atoms with van der Waals surface area (Å²) in [5.41, 5.74) is -0.0438. The highest BCUT2D eigenvalue weighted by Gasteiger charge is 2.28. The van der Waals surface area contributed by atoms with E-state index in [-0.39, 0.29) is 10.0 Å². The molecule has 1 aromatic carbocycles. The first-order valence-corrected chi connectivity index (χ1v) is 4.99. The Morgan fingerprint density at radius 1 is 1.56 bits per heavy atom. The third-order valence-electron chi connectivity index (χ3n) is 1.95. The molecule has 0 fully saturated rings. The maximum atomic E-state index is 10.8. The third kappa shape index (κ3) is 2.37. The number of nitrogens with zero attached hydrogens (tertiary/aromatic N) is 1. The number of benzene rings is 1. The number of aryl methyl sites for hydroxylation is 1. The molecule has 0 heterocycles. The molecule has 6 nitrogen and oxygen atoms in total. The van der Waals surface area contributed by atoms with Crippen molar-refractivity contribution in [3.05, 3.63) is 37.8 Å². The highest BCUT2D eigenvalue weighted by molar-refractivity contribution is 9.10. The molecule has 2 N–H and O–H groups in total. The van der Waals surface area contributed by atoms with Crippen LogP contribution >= 0.6 is 15.9 Å². The molecule has 0 aliphatic carbocycles. The first-order valence-electron chi connectivity index (χ1n) is 4.20. The molecule has 0 bridgehead atoms. The van der Waals surface area contributed by atoms with Crippen LogP contribution in [0.3, 0.4) is 0 Å². The minimum Gasteiger partial charge on any atom is -0.479 e. The minimum absolute atomic E-state index is 0.146. The standard InChI is InChI=1S/C9H8BrNO5/c1-4-2-5(8(12)9(13)14)7(11(15)16)6(10)3-4/h2-3,8,12H,1H3,(H,13,14). The summed E-state index contributed by atoms with van der Waals surface area (Å²) in [5.74, 6) is -1.53. The molecule has 0 saturated carbocycles. The first-order chi connectivity index (χ1) is 7.34. The summed E-state index contributed by atoms with van der Waals surface area (Å²) in [6.07, 6.45) is -1.91. The summed E-state index contributed by atoms with van der Waals surface area (Å²) in [5, 5.41) is 28.7. The number of rotatable bonds is 3. The van der Waals surface area contributed by atoms with Crippen molar-refractivity contribution in [1.29, 1.82) is 0 Å². The molecule has 1 unspecified atom stereocenters. The molecule has 16 heavy (non-hydrogen) atoms. The Labute approximate surface area is 98.8 Å². The van der Waals surface area contributed by atoms with Gasteiger partial charge >= 0.3 is 5.97 Å². The maximum Gasteiger partial charge on any atom is 0.337 e. The largest absolute Gasteiger partial charge is 0.479 e. The summed E-state index contributed by atoms with van der Waals surface area (Å²) in [7, 11) is 0. The Morgan fingerprint density at radius 2 is 2.12 bits per heavy atom. The lowest BCUT2D eigenvalue weighted by Crippen LogP contribution is -2.13. The van der Waals surface area contributed by atoms with Crippen LogP contribution in [-0.4, -0.2) is 21.1 Å². The molecule has 0 spiro atoms. The van der Waals surface area contributed by atoms with Crippen molar-refractivity contribution in [1.82, 2.24) is 0 Å². The summed E-state index contributed by atoms with van der Waals surface area (Å²) in [4.78, 5) is 20.6. The number of aliphatic hydroxyl groups excluding tert-OH is 1. The van der Waals surface area contributed by atoms with Crippen molar-refractivity contribution in [3.8, 4) is 0 Å². The Morgan fingerprint density at radius 3 is 2.56 bits per heavy atom. The molecule has 0 aliphatic rings. The third-order valence-corrected chi connectivity index (χ3v) is 2.55. The molecule has 0 amide bonds. The van der Waals surface area contributed by atoms with Crippen LogP contribution in [0, 0.1) is 17.0 Å². The highest BCUT2D eigenvalue weighted by atomic mass is 79.9. The van der Waals surface area contributed by atoms with Crippen molar-refractivity contribution < 1.29 is 19.9 Å². The monoisotopic (exact) mass is 289 g/mol. The molecule has 1 atom stereocenters. The van der Waals surface area contributed by atoms with Gasteiger partial charge < -0.3 is 10.2 Å². The number of carboxylic acid groups (broad SMARTS) is 1. The fourth-order valence-corrected chi connectivity index (χ4v) is 2.03. The van der Waals surface area contributed by atoms with Gasteiger partial charge in [-0.3, -0.25) is 10.1 Å². The average molecular weight is 290 g/mol. The van der Waals surface area contributed by atoms with Gasteiger partial charge in [0.05, 0.1) is 15.0 Å². The number of aliphatic carboxylic acids is 1. The predicted octanol–water partition coefficient (Wildman–Crippen LogP) is 1.78. The van der Waals surface area contributed by atoms with E-state index in [0.29, 0.717) is 5.56 Å². The van der Waals surface area contributed by atoms with Crippen molar-refractivity contribution in [3.63, 3.8) is 0 Å². The van der Waals surface area contributed by atoms with E-state index in [9.17, 15) is 20.0 Å². The van der Waals surface area contributed by atoms with Crippen molar-refractivity contribution in [2.45, 2.75) is 13.0 Å². The van der Waals surface area contributed by atoms with Crippen molar-refractivity contribution in [2.24, 2.45) is 0 Å². The molecular formula is C9H8BrNO5. The van der Waals surface area contributed by atoms with Gasteiger partial charge in [-0.2, -0.15) is 0 Å². The Hall–Kier alpha value is -1.47. The number of nitro groups is 1. The van der Waals surface area contributed by atoms with Gasteiger partial charge in [0.25, 0.3) is 5.69 Å². The van der Waals surface area contributed by atoms with Crippen LogP contribution in [0.4, 0.5) is 5.69 Å². The lowest BCUT2D eigenvalue weighted by atomic mass is 10.0. The second-order valence-electron chi connectivity index (χ2n) is 3.18. The summed E-state index contributed by atoms with van der Waals surface area (Å²) in [6, 6.07) is 2.76. The molecule has 1 rings (SSSR count). The number of hydrogen-bond acceptors (Lipinski definition) is 4. The molecule has 0 aliphatic heterocycles. The van der Waals surface area contributed by atoms with Gasteiger partial charge in [-0.05, 0) is 40.5 Å². The van der Waals surface area contributed by atoms with Crippen LogP contribution in [0.1, 0.15) is 17.2 Å². The SMILES string of the molecule is Cc1cc(Br)c([N+](=O)[O-])c(C(O)C(=O)O)c1. The van der Waals surface area contributed by atoms with Gasteiger partial charge in [-0.25, -0.2) is 4.79 Å². The normalized spacial score (nSPS) is 12.2. The van der Waals surface area contributed by atoms with Gasteiger partial charge in [0.15, 0.2) is 6.10 Å². The summed E-state index contributed by atoms with van der Waals surface area (Å²) >= 11 is 2.97. The van der Waals surface area contributed by atoms with Crippen molar-refractivity contribution in [2.75, 3.05) is 0 Å². The highest BCUT2D eigenvalue weighted by Crippen LogP contribution is 2.34. The van der Waals surface area contributed by atoms with E-state index >= 15 is 0 Å². The summed E-state index contributed by atoms with van der Waals surface area (Å²) in [6.45, 7) is 1.65. The van der Waals surface area contributed by atoms with Gasteiger partial charge in [-0.15, -0.1) is 0 Å². The number of carboxylic acids is 1. The van der Waals surface area contributed by atoms with Gasteiger partial charge in [-0.1, -0.05) is 0 Å². The molecule has 7 heteroatoms. The second-order valence-corrected chi connectivity index (χ2v) is 4.04. The van der Waals surface area contributed by atoms with Crippen molar-refractivity contribution >= 4 is 27.6 Å². The van der Waals surface area contributed by atoms with E-state index in [1.807, 2.05) is 0 Å². The smallest absolute Gasteiger partial charge is 0.337 e. The van der Waals surface area contributed by atoms with Crippen LogP contribution in [0.5, 0.6) is 0 Å². The minimum atomic E-state index is -1.91. The van der Waals surface area contributed by atoms with Gasteiger partial charge in [0.1, 0.15) is 0 Å². The zero-order chi connectivity index (χ0) is 12.5. The molecule has 86 valence electrons. The lowest BCUT2D eigenvalue weighted by molar-refractivity contribution is -0.386. The van der Waals surface area contributed by atoms with E-state index < -0.39 is 22.7 Å². The predicted molar refractivity (Wildman–Crippen MR) is 58.1 cm³/mol. The Kier molecular flexibility index (Phi) is 3.61. The lowest BCUT2D eigenvalue weighted by Gasteiger charge is -2.09. The second kappa shape index (κ2) is 4.58. The van der Waals surface area contributed by atoms with E-state index in [1.165, 1.54) is 12.1 Å². The number of hydrogen-bond donors (Lipinski definition) is 2. The molecule has 0 radical (unpaired) electrons. The quantitative estimate of drug-likeness (QED) is 0.652. The molecular weight excluding hydrogens is 282 g/mol. The van der Waals surface area contributed by atoms with Crippen LogP contribution in [-0.2, 0) is 4.79 Å². The number of nitro benzene ring substituents is 1. The zero-order valence-corrected chi connectivity index (χ0v) is 9.76. The van der Waals surface area contributed by atoms with Gasteiger partial charge in [0.2, 0.25) is 0 Å². The molecule has 1 aromatic rings. The average Bonchev–Trinajstić information content (AvgIpc) is 2.14. The van der Waals surface area contributed by atoms with E-state index in [1.54, 1.807) is 6.92 Å². The zero-order valence-electron chi connectivity index (χ0n) is 8.18. The van der Waals surface area contributed by atoms with E-state index in [4.69, 9.17) is 5.11 Å².